The van der Waals surface area contributed by atoms with Crippen LogP contribution in [-0.2, 0) is 29.3 Å². The molecule has 2 heterocycles. The summed E-state index contributed by atoms with van der Waals surface area (Å²) in [5.74, 6) is 0.416. The summed E-state index contributed by atoms with van der Waals surface area (Å²) in [4.78, 5) is 22.7. The zero-order chi connectivity index (χ0) is 32.7. The average molecular weight is 645 g/mol. The molecule has 0 bridgehead atoms. The smallest absolute Gasteiger partial charge is 0.240 e. The topological polar surface area (TPSA) is 170 Å². The van der Waals surface area contributed by atoms with Crippen molar-refractivity contribution >= 4 is 55.1 Å². The van der Waals surface area contributed by atoms with Crippen molar-refractivity contribution in [3.05, 3.63) is 59.7 Å². The SMILES string of the molecule is COc1cc(C=CC2=NNC(=O)CC2C)ccc1S(C)(=O)=O.COc1cccc(C=CC2=NNC(=O)CC2C)c1S(C)(=O)=O. The highest BCUT2D eigenvalue weighted by Crippen LogP contribution is 2.29. The van der Waals surface area contributed by atoms with Gasteiger partial charge in [-0.3, -0.25) is 9.59 Å². The zero-order valence-corrected chi connectivity index (χ0v) is 27.0. The number of hydrogen-bond donors (Lipinski definition) is 2. The molecule has 2 N–H and O–H groups in total. The van der Waals surface area contributed by atoms with E-state index in [2.05, 4.69) is 21.1 Å². The van der Waals surface area contributed by atoms with Crippen molar-refractivity contribution in [3.8, 4) is 11.5 Å². The van der Waals surface area contributed by atoms with E-state index in [1.54, 1.807) is 54.6 Å². The van der Waals surface area contributed by atoms with Crippen LogP contribution in [0.1, 0.15) is 37.8 Å². The van der Waals surface area contributed by atoms with Gasteiger partial charge in [-0.15, -0.1) is 0 Å². The molecule has 0 aromatic heterocycles. The first-order valence-electron chi connectivity index (χ1n) is 13.5. The zero-order valence-electron chi connectivity index (χ0n) is 25.3. The Hall–Kier alpha value is -4.30. The lowest BCUT2D eigenvalue weighted by atomic mass is 9.99. The minimum atomic E-state index is -3.44. The molecule has 12 nitrogen and oxygen atoms in total. The first kappa shape index (κ1) is 34.2. The normalized spacial score (nSPS) is 19.0. The molecule has 0 saturated carbocycles. The van der Waals surface area contributed by atoms with Gasteiger partial charge in [-0.1, -0.05) is 44.2 Å². The van der Waals surface area contributed by atoms with Gasteiger partial charge >= 0.3 is 0 Å². The molecule has 0 saturated heterocycles. The second-order valence-corrected chi connectivity index (χ2v) is 14.3. The summed E-state index contributed by atoms with van der Waals surface area (Å²) in [5.41, 5.74) is 7.64. The maximum atomic E-state index is 12.0. The number of carbonyl (C=O) groups is 2. The number of nitrogens with zero attached hydrogens (tertiary/aromatic N) is 2. The summed E-state index contributed by atoms with van der Waals surface area (Å²) in [5, 5.41) is 8.00. The molecule has 2 aromatic rings. The Labute approximate surface area is 257 Å². The van der Waals surface area contributed by atoms with Crippen molar-refractivity contribution in [1.29, 1.82) is 0 Å². The molecule has 44 heavy (non-hydrogen) atoms. The summed E-state index contributed by atoms with van der Waals surface area (Å²) < 4.78 is 57.6. The summed E-state index contributed by atoms with van der Waals surface area (Å²) >= 11 is 0. The van der Waals surface area contributed by atoms with Crippen LogP contribution in [0, 0.1) is 11.8 Å². The van der Waals surface area contributed by atoms with E-state index in [1.165, 1.54) is 20.3 Å². The largest absolute Gasteiger partial charge is 0.495 e. The Bertz CT molecular complexity index is 1760. The fraction of sp³-hybridized carbons (Fsp3) is 0.333. The van der Waals surface area contributed by atoms with Crippen LogP contribution >= 0.6 is 0 Å². The van der Waals surface area contributed by atoms with Crippen LogP contribution in [0.3, 0.4) is 0 Å². The van der Waals surface area contributed by atoms with Gasteiger partial charge in [0, 0.05) is 37.2 Å². The van der Waals surface area contributed by atoms with Gasteiger partial charge in [0.25, 0.3) is 0 Å². The Morgan fingerprint density at radius 2 is 1.30 bits per heavy atom. The first-order valence-corrected chi connectivity index (χ1v) is 17.3. The molecule has 0 aliphatic carbocycles. The second kappa shape index (κ2) is 14.4. The van der Waals surface area contributed by atoms with Gasteiger partial charge in [0.2, 0.25) is 11.8 Å². The van der Waals surface area contributed by atoms with Gasteiger partial charge in [0.05, 0.1) is 25.6 Å². The number of benzene rings is 2. The molecule has 236 valence electrons. The third kappa shape index (κ3) is 9.10. The van der Waals surface area contributed by atoms with Crippen LogP contribution in [0.2, 0.25) is 0 Å². The number of amides is 2. The number of nitrogens with one attached hydrogen (secondary N) is 2. The fourth-order valence-corrected chi connectivity index (χ4v) is 6.31. The van der Waals surface area contributed by atoms with E-state index in [0.29, 0.717) is 35.6 Å². The van der Waals surface area contributed by atoms with Crippen molar-refractivity contribution < 1.29 is 35.9 Å². The quantitative estimate of drug-likeness (QED) is 0.441. The molecular weight excluding hydrogens is 608 g/mol. The van der Waals surface area contributed by atoms with Crippen molar-refractivity contribution in [1.82, 2.24) is 10.9 Å². The molecule has 0 spiro atoms. The molecular formula is C30H36N4O8S2. The van der Waals surface area contributed by atoms with Crippen LogP contribution in [0.5, 0.6) is 11.5 Å². The number of rotatable bonds is 8. The number of sulfone groups is 2. The maximum Gasteiger partial charge on any atom is 0.240 e. The molecule has 2 unspecified atom stereocenters. The van der Waals surface area contributed by atoms with E-state index in [4.69, 9.17) is 9.47 Å². The fourth-order valence-electron chi connectivity index (χ4n) is 4.41. The van der Waals surface area contributed by atoms with Gasteiger partial charge in [-0.2, -0.15) is 10.2 Å². The predicted molar refractivity (Wildman–Crippen MR) is 169 cm³/mol. The first-order chi connectivity index (χ1) is 20.6. The minimum Gasteiger partial charge on any atom is -0.495 e. The summed E-state index contributed by atoms with van der Waals surface area (Å²) in [6.45, 7) is 3.82. The van der Waals surface area contributed by atoms with Crippen LogP contribution in [0.25, 0.3) is 12.2 Å². The molecule has 4 rings (SSSR count). The summed E-state index contributed by atoms with van der Waals surface area (Å²) in [6.07, 6.45) is 10.0. The van der Waals surface area contributed by atoms with Crippen molar-refractivity contribution in [2.24, 2.45) is 22.0 Å². The van der Waals surface area contributed by atoms with Gasteiger partial charge in [0.15, 0.2) is 19.7 Å². The number of allylic oxidation sites excluding steroid dienone is 2. The lowest BCUT2D eigenvalue weighted by molar-refractivity contribution is -0.122. The summed E-state index contributed by atoms with van der Waals surface area (Å²) in [6, 6.07) is 9.89. The third-order valence-corrected chi connectivity index (χ3v) is 8.99. The van der Waals surface area contributed by atoms with Crippen LogP contribution in [0.15, 0.2) is 68.5 Å². The number of hydrazone groups is 2. The number of hydrogen-bond acceptors (Lipinski definition) is 10. The Kier molecular flexibility index (Phi) is 11.2. The second-order valence-electron chi connectivity index (χ2n) is 10.4. The Morgan fingerprint density at radius 3 is 1.77 bits per heavy atom. The molecule has 14 heteroatoms. The van der Waals surface area contributed by atoms with Crippen molar-refractivity contribution in [3.63, 3.8) is 0 Å². The molecule has 0 radical (unpaired) electrons. The van der Waals surface area contributed by atoms with Crippen molar-refractivity contribution in [2.75, 3.05) is 26.7 Å². The number of methoxy groups -OCH3 is 2. The maximum absolute atomic E-state index is 12.0. The number of ether oxygens (including phenoxy) is 2. The monoisotopic (exact) mass is 644 g/mol. The van der Waals surface area contributed by atoms with Crippen LogP contribution in [-0.4, -0.2) is 66.8 Å². The highest BCUT2D eigenvalue weighted by atomic mass is 32.2. The van der Waals surface area contributed by atoms with Crippen LogP contribution < -0.4 is 20.3 Å². The minimum absolute atomic E-state index is 0.0164. The van der Waals surface area contributed by atoms with Gasteiger partial charge < -0.3 is 9.47 Å². The van der Waals surface area contributed by atoms with Gasteiger partial charge in [-0.25, -0.2) is 27.7 Å². The number of carbonyl (C=O) groups excluding carboxylic acids is 2. The lowest BCUT2D eigenvalue weighted by Crippen LogP contribution is -2.30. The standard InChI is InChI=1S/2C15H18N2O4S/c1-10-8-15(18)17-16-12(10)6-4-11-5-7-14(22(3,19)20)13(9-11)21-2;1-10-9-14(18)17-16-12(10)8-7-11-5-4-6-13(21-2)15(11)22(3,19)20/h4-7,9-10H,8H2,1-3H3,(H,17,18);4-8,10H,9H2,1-3H3,(H,17,18). The molecule has 2 aliphatic heterocycles. The van der Waals surface area contributed by atoms with E-state index in [0.717, 1.165) is 23.8 Å². The highest BCUT2D eigenvalue weighted by Gasteiger charge is 2.21. The van der Waals surface area contributed by atoms with E-state index >= 15 is 0 Å². The van der Waals surface area contributed by atoms with Gasteiger partial charge in [-0.05, 0) is 41.5 Å². The average Bonchev–Trinajstić information content (AvgIpc) is 2.95. The third-order valence-electron chi connectivity index (χ3n) is 6.68. The molecule has 2 aromatic carbocycles. The molecule has 2 amide bonds. The molecule has 2 aliphatic rings. The van der Waals surface area contributed by atoms with Gasteiger partial charge in [0.1, 0.15) is 21.3 Å². The Balaban J connectivity index is 0.000000240. The lowest BCUT2D eigenvalue weighted by Gasteiger charge is -2.16. The molecule has 0 fully saturated rings. The van der Waals surface area contributed by atoms with Crippen LogP contribution in [0.4, 0.5) is 0 Å². The predicted octanol–water partition coefficient (Wildman–Crippen LogP) is 3.25. The van der Waals surface area contributed by atoms with E-state index < -0.39 is 19.7 Å². The van der Waals surface area contributed by atoms with E-state index in [1.807, 2.05) is 13.8 Å². The van der Waals surface area contributed by atoms with Crippen molar-refractivity contribution in [2.45, 2.75) is 36.5 Å². The van der Waals surface area contributed by atoms with E-state index in [9.17, 15) is 26.4 Å². The highest BCUT2D eigenvalue weighted by molar-refractivity contribution is 7.91. The molecule has 2 atom stereocenters. The Morgan fingerprint density at radius 1 is 0.750 bits per heavy atom. The summed E-state index contributed by atoms with van der Waals surface area (Å²) in [7, 11) is -3.91. The van der Waals surface area contributed by atoms with E-state index in [-0.39, 0.29) is 33.4 Å².